The van der Waals surface area contributed by atoms with Crippen LogP contribution in [0.15, 0.2) is 24.3 Å². The van der Waals surface area contributed by atoms with Gasteiger partial charge in [0.05, 0.1) is 17.4 Å². The first-order valence-electron chi connectivity index (χ1n) is 7.69. The van der Waals surface area contributed by atoms with Crippen molar-refractivity contribution in [2.45, 2.75) is 25.4 Å². The second-order valence-corrected chi connectivity index (χ2v) is 7.43. The average Bonchev–Trinajstić information content (AvgIpc) is 2.54. The fraction of sp³-hybridized carbons (Fsp3) is 0.533. The third-order valence-electron chi connectivity index (χ3n) is 3.67. The molecule has 1 aliphatic rings. The molecular weight excluding hydrogens is 318 g/mol. The maximum absolute atomic E-state index is 11.9. The number of hydrogen-bond acceptors (Lipinski definition) is 5. The zero-order valence-corrected chi connectivity index (χ0v) is 13.8. The molecule has 0 radical (unpaired) electrons. The summed E-state index contributed by atoms with van der Waals surface area (Å²) in [5.74, 6) is -0.563. The number of carbonyl (C=O) groups excluding carboxylic acids is 1. The number of rotatable bonds is 7. The van der Waals surface area contributed by atoms with E-state index >= 15 is 0 Å². The van der Waals surface area contributed by atoms with Crippen molar-refractivity contribution in [3.05, 3.63) is 29.8 Å². The molecule has 0 bridgehead atoms. The van der Waals surface area contributed by atoms with Crippen LogP contribution in [0.2, 0.25) is 0 Å². The topological polar surface area (TPSA) is 111 Å². The highest BCUT2D eigenvalue weighted by atomic mass is 32.2. The number of carbonyl (C=O) groups is 1. The number of nitrogens with one attached hydrogen (secondary N) is 2. The minimum Gasteiger partial charge on any atom is -0.398 e. The van der Waals surface area contributed by atoms with E-state index in [0.717, 1.165) is 19.3 Å². The SMILES string of the molecule is Nc1ccccc1C(=O)NCCS(=O)(=O)NCC1CCCCO1. The Bertz CT molecular complexity index is 627. The monoisotopic (exact) mass is 341 g/mol. The number of hydrogen-bond donors (Lipinski definition) is 3. The maximum Gasteiger partial charge on any atom is 0.253 e. The third-order valence-corrected chi connectivity index (χ3v) is 5.01. The fourth-order valence-corrected chi connectivity index (χ4v) is 3.31. The highest BCUT2D eigenvalue weighted by Crippen LogP contribution is 2.12. The Labute approximate surface area is 136 Å². The molecule has 2 rings (SSSR count). The number of para-hydroxylation sites is 1. The van der Waals surface area contributed by atoms with Crippen molar-refractivity contribution in [3.8, 4) is 0 Å². The number of amides is 1. The van der Waals surface area contributed by atoms with E-state index in [-0.39, 0.29) is 30.9 Å². The number of sulfonamides is 1. The molecule has 1 heterocycles. The van der Waals surface area contributed by atoms with Crippen molar-refractivity contribution in [3.63, 3.8) is 0 Å². The Morgan fingerprint density at radius 1 is 1.30 bits per heavy atom. The van der Waals surface area contributed by atoms with Crippen LogP contribution in [0.4, 0.5) is 5.69 Å². The molecule has 1 aliphatic heterocycles. The van der Waals surface area contributed by atoms with Gasteiger partial charge in [-0.3, -0.25) is 4.79 Å². The van der Waals surface area contributed by atoms with Crippen LogP contribution in [0.25, 0.3) is 0 Å². The maximum atomic E-state index is 11.9. The van der Waals surface area contributed by atoms with E-state index in [4.69, 9.17) is 10.5 Å². The summed E-state index contributed by atoms with van der Waals surface area (Å²) >= 11 is 0. The number of nitrogen functional groups attached to an aromatic ring is 1. The lowest BCUT2D eigenvalue weighted by Gasteiger charge is -2.22. The molecule has 23 heavy (non-hydrogen) atoms. The zero-order valence-electron chi connectivity index (χ0n) is 13.0. The summed E-state index contributed by atoms with van der Waals surface area (Å²) in [7, 11) is -3.44. The van der Waals surface area contributed by atoms with Crippen molar-refractivity contribution in [1.82, 2.24) is 10.0 Å². The molecule has 0 aromatic heterocycles. The predicted molar refractivity (Wildman–Crippen MR) is 88.6 cm³/mol. The van der Waals surface area contributed by atoms with Gasteiger partial charge in [0.15, 0.2) is 0 Å². The average molecular weight is 341 g/mol. The van der Waals surface area contributed by atoms with Crippen LogP contribution in [-0.4, -0.2) is 45.9 Å². The Morgan fingerprint density at radius 2 is 2.09 bits per heavy atom. The first kappa shape index (κ1) is 17.7. The molecule has 4 N–H and O–H groups in total. The summed E-state index contributed by atoms with van der Waals surface area (Å²) in [6, 6.07) is 6.65. The largest absolute Gasteiger partial charge is 0.398 e. The van der Waals surface area contributed by atoms with Crippen LogP contribution in [0.3, 0.4) is 0 Å². The van der Waals surface area contributed by atoms with Crippen molar-refractivity contribution in [1.29, 1.82) is 0 Å². The summed E-state index contributed by atoms with van der Waals surface area (Å²) in [6.45, 7) is 0.983. The van der Waals surface area contributed by atoms with Crippen molar-refractivity contribution < 1.29 is 17.9 Å². The van der Waals surface area contributed by atoms with E-state index in [9.17, 15) is 13.2 Å². The molecule has 7 nitrogen and oxygen atoms in total. The molecule has 0 spiro atoms. The highest BCUT2D eigenvalue weighted by molar-refractivity contribution is 7.89. The van der Waals surface area contributed by atoms with Crippen LogP contribution >= 0.6 is 0 Å². The molecule has 128 valence electrons. The Kier molecular flexibility index (Phi) is 6.37. The van der Waals surface area contributed by atoms with Gasteiger partial charge in [0.1, 0.15) is 0 Å². The van der Waals surface area contributed by atoms with Crippen molar-refractivity contribution in [2.75, 3.05) is 31.2 Å². The molecule has 8 heteroatoms. The van der Waals surface area contributed by atoms with E-state index in [0.29, 0.717) is 17.9 Å². The third kappa shape index (κ3) is 5.81. The molecular formula is C15H23N3O4S. The van der Waals surface area contributed by atoms with Crippen LogP contribution in [0, 0.1) is 0 Å². The van der Waals surface area contributed by atoms with E-state index in [2.05, 4.69) is 10.0 Å². The second-order valence-electron chi connectivity index (χ2n) is 5.50. The molecule has 1 amide bonds. The molecule has 1 aromatic rings. The summed E-state index contributed by atoms with van der Waals surface area (Å²) in [5.41, 5.74) is 6.41. The lowest BCUT2D eigenvalue weighted by Crippen LogP contribution is -2.39. The number of anilines is 1. The van der Waals surface area contributed by atoms with Gasteiger partial charge in [-0.2, -0.15) is 0 Å². The summed E-state index contributed by atoms with van der Waals surface area (Å²) in [6.07, 6.45) is 2.89. The Hall–Kier alpha value is -1.64. The summed E-state index contributed by atoms with van der Waals surface area (Å²) in [5, 5.41) is 2.56. The highest BCUT2D eigenvalue weighted by Gasteiger charge is 2.18. The van der Waals surface area contributed by atoms with E-state index in [1.54, 1.807) is 24.3 Å². The molecule has 1 atom stereocenters. The molecule has 0 saturated carbocycles. The first-order valence-corrected chi connectivity index (χ1v) is 9.35. The van der Waals surface area contributed by atoms with Crippen LogP contribution in [-0.2, 0) is 14.8 Å². The van der Waals surface area contributed by atoms with Gasteiger partial charge in [0.25, 0.3) is 5.91 Å². The molecule has 1 aromatic carbocycles. The molecule has 1 saturated heterocycles. The van der Waals surface area contributed by atoms with Crippen molar-refractivity contribution >= 4 is 21.6 Å². The van der Waals surface area contributed by atoms with E-state index in [1.807, 2.05) is 0 Å². The quantitative estimate of drug-likeness (QED) is 0.625. The van der Waals surface area contributed by atoms with Gasteiger partial charge in [0, 0.05) is 25.4 Å². The minimum absolute atomic E-state index is 0.0218. The number of benzene rings is 1. The molecule has 1 fully saturated rings. The zero-order chi connectivity index (χ0) is 16.7. The number of nitrogens with two attached hydrogens (primary N) is 1. The van der Waals surface area contributed by atoms with Gasteiger partial charge < -0.3 is 15.8 Å². The lowest BCUT2D eigenvalue weighted by atomic mass is 10.1. The van der Waals surface area contributed by atoms with Gasteiger partial charge in [-0.1, -0.05) is 12.1 Å². The summed E-state index contributed by atoms with van der Waals surface area (Å²) in [4.78, 5) is 11.9. The van der Waals surface area contributed by atoms with Gasteiger partial charge >= 0.3 is 0 Å². The van der Waals surface area contributed by atoms with Gasteiger partial charge in [-0.25, -0.2) is 13.1 Å². The standard InChI is InChI=1S/C15H23N3O4S/c16-14-7-2-1-6-13(14)15(19)17-8-10-23(20,21)18-11-12-5-3-4-9-22-12/h1-2,6-7,12,18H,3-5,8-11,16H2,(H,17,19). The normalized spacial score (nSPS) is 18.5. The van der Waals surface area contributed by atoms with E-state index in [1.165, 1.54) is 0 Å². The molecule has 1 unspecified atom stereocenters. The van der Waals surface area contributed by atoms with E-state index < -0.39 is 10.0 Å². The van der Waals surface area contributed by atoms with Gasteiger partial charge in [-0.15, -0.1) is 0 Å². The lowest BCUT2D eigenvalue weighted by molar-refractivity contribution is 0.0200. The van der Waals surface area contributed by atoms with Crippen LogP contribution in [0.1, 0.15) is 29.6 Å². The number of ether oxygens (including phenoxy) is 1. The fourth-order valence-electron chi connectivity index (χ4n) is 2.36. The smallest absolute Gasteiger partial charge is 0.253 e. The minimum atomic E-state index is -3.44. The Morgan fingerprint density at radius 3 is 2.78 bits per heavy atom. The first-order chi connectivity index (χ1) is 11.0. The van der Waals surface area contributed by atoms with Gasteiger partial charge in [-0.05, 0) is 31.4 Å². The molecule has 0 aliphatic carbocycles. The van der Waals surface area contributed by atoms with Crippen molar-refractivity contribution in [2.24, 2.45) is 0 Å². The summed E-state index contributed by atoms with van der Waals surface area (Å²) < 4.78 is 31.8. The van der Waals surface area contributed by atoms with Crippen LogP contribution in [0.5, 0.6) is 0 Å². The Balaban J connectivity index is 1.73. The van der Waals surface area contributed by atoms with Gasteiger partial charge in [0.2, 0.25) is 10.0 Å². The second kappa shape index (κ2) is 8.28. The van der Waals surface area contributed by atoms with Crippen LogP contribution < -0.4 is 15.8 Å². The predicted octanol–water partition coefficient (Wildman–Crippen LogP) is 0.487.